The van der Waals surface area contributed by atoms with Crippen molar-refractivity contribution in [1.29, 1.82) is 0 Å². The molecule has 0 radical (unpaired) electrons. The third-order valence-electron chi connectivity index (χ3n) is 2.89. The minimum atomic E-state index is -0.527. The number of esters is 2. The average Bonchev–Trinajstić information content (AvgIpc) is 2.34. The standard InChI is InChI=1S/C16H26O4/c1-7-13(6)19-14(17)9-8-10-15(18)20-16(11(2)3)12(4)5/h1,11-13,16H,8-10H2,2-6H3. The van der Waals surface area contributed by atoms with Gasteiger partial charge in [0.15, 0.2) is 6.10 Å². The second kappa shape index (κ2) is 9.41. The van der Waals surface area contributed by atoms with Crippen LogP contribution in [0.4, 0.5) is 0 Å². The van der Waals surface area contributed by atoms with E-state index in [1.54, 1.807) is 6.92 Å². The van der Waals surface area contributed by atoms with Crippen molar-refractivity contribution in [3.05, 3.63) is 0 Å². The lowest BCUT2D eigenvalue weighted by Gasteiger charge is -2.24. The van der Waals surface area contributed by atoms with Crippen LogP contribution in [0, 0.1) is 24.2 Å². The lowest BCUT2D eigenvalue weighted by Crippen LogP contribution is -2.28. The van der Waals surface area contributed by atoms with Gasteiger partial charge in [-0.1, -0.05) is 33.6 Å². The van der Waals surface area contributed by atoms with Gasteiger partial charge in [0.05, 0.1) is 0 Å². The molecule has 0 bridgehead atoms. The van der Waals surface area contributed by atoms with E-state index in [-0.39, 0.29) is 42.7 Å². The van der Waals surface area contributed by atoms with Crippen LogP contribution in [0.2, 0.25) is 0 Å². The number of terminal acetylenes is 1. The first-order chi connectivity index (χ1) is 9.27. The Morgan fingerprint density at radius 2 is 1.40 bits per heavy atom. The van der Waals surface area contributed by atoms with Crippen LogP contribution in [0.3, 0.4) is 0 Å². The van der Waals surface area contributed by atoms with E-state index in [9.17, 15) is 9.59 Å². The van der Waals surface area contributed by atoms with Crippen molar-refractivity contribution in [2.24, 2.45) is 11.8 Å². The number of ether oxygens (including phenoxy) is 2. The van der Waals surface area contributed by atoms with Gasteiger partial charge in [-0.25, -0.2) is 0 Å². The molecule has 0 aliphatic carbocycles. The Morgan fingerprint density at radius 1 is 0.950 bits per heavy atom. The van der Waals surface area contributed by atoms with Gasteiger partial charge in [-0.2, -0.15) is 0 Å². The Kier molecular flexibility index (Phi) is 8.71. The molecule has 0 aliphatic heterocycles. The molecular formula is C16H26O4. The highest BCUT2D eigenvalue weighted by molar-refractivity contribution is 5.72. The molecule has 0 fully saturated rings. The number of hydrogen-bond donors (Lipinski definition) is 0. The normalized spacial score (nSPS) is 12.3. The lowest BCUT2D eigenvalue weighted by molar-refractivity contribution is -0.154. The summed E-state index contributed by atoms with van der Waals surface area (Å²) in [4.78, 5) is 23.1. The van der Waals surface area contributed by atoms with Crippen molar-refractivity contribution < 1.29 is 19.1 Å². The third-order valence-corrected chi connectivity index (χ3v) is 2.89. The van der Waals surface area contributed by atoms with Crippen LogP contribution in [-0.4, -0.2) is 24.1 Å². The average molecular weight is 282 g/mol. The number of carbonyl (C=O) groups excluding carboxylic acids is 2. The predicted molar refractivity (Wildman–Crippen MR) is 77.8 cm³/mol. The van der Waals surface area contributed by atoms with Crippen molar-refractivity contribution in [3.8, 4) is 12.3 Å². The molecule has 1 atom stereocenters. The van der Waals surface area contributed by atoms with Crippen molar-refractivity contribution >= 4 is 11.9 Å². The zero-order valence-electron chi connectivity index (χ0n) is 13.1. The minimum absolute atomic E-state index is 0.0871. The molecule has 0 saturated heterocycles. The molecule has 0 aromatic rings. The van der Waals surface area contributed by atoms with Crippen LogP contribution in [0.5, 0.6) is 0 Å². The fraction of sp³-hybridized carbons (Fsp3) is 0.750. The van der Waals surface area contributed by atoms with Crippen LogP contribution >= 0.6 is 0 Å². The molecule has 0 amide bonds. The summed E-state index contributed by atoms with van der Waals surface area (Å²) in [7, 11) is 0. The Labute approximate surface area is 122 Å². The second-order valence-electron chi connectivity index (χ2n) is 5.59. The first-order valence-electron chi connectivity index (χ1n) is 7.13. The van der Waals surface area contributed by atoms with Gasteiger partial charge in [-0.15, -0.1) is 6.42 Å². The summed E-state index contributed by atoms with van der Waals surface area (Å²) < 4.78 is 10.3. The number of hydrogen-bond acceptors (Lipinski definition) is 4. The van der Waals surface area contributed by atoms with Crippen molar-refractivity contribution in [2.75, 3.05) is 0 Å². The maximum Gasteiger partial charge on any atom is 0.307 e. The molecule has 0 aromatic carbocycles. The predicted octanol–water partition coefficient (Wildman–Crippen LogP) is 2.95. The molecule has 4 nitrogen and oxygen atoms in total. The van der Waals surface area contributed by atoms with Crippen LogP contribution in [0.1, 0.15) is 53.9 Å². The van der Waals surface area contributed by atoms with Crippen LogP contribution in [-0.2, 0) is 19.1 Å². The number of carbonyl (C=O) groups is 2. The second-order valence-corrected chi connectivity index (χ2v) is 5.59. The summed E-state index contributed by atoms with van der Waals surface area (Å²) >= 11 is 0. The molecule has 0 aromatic heterocycles. The van der Waals surface area contributed by atoms with Gasteiger partial charge in [0.25, 0.3) is 0 Å². The van der Waals surface area contributed by atoms with E-state index < -0.39 is 6.10 Å². The molecule has 20 heavy (non-hydrogen) atoms. The zero-order valence-corrected chi connectivity index (χ0v) is 13.1. The van der Waals surface area contributed by atoms with E-state index in [1.807, 2.05) is 27.7 Å². The Morgan fingerprint density at radius 3 is 1.80 bits per heavy atom. The highest BCUT2D eigenvalue weighted by Gasteiger charge is 2.21. The fourth-order valence-electron chi connectivity index (χ4n) is 1.92. The number of rotatable bonds is 8. The highest BCUT2D eigenvalue weighted by atomic mass is 16.5. The minimum Gasteiger partial charge on any atom is -0.462 e. The van der Waals surface area contributed by atoms with Gasteiger partial charge >= 0.3 is 11.9 Å². The van der Waals surface area contributed by atoms with E-state index in [0.717, 1.165) is 0 Å². The third kappa shape index (κ3) is 7.83. The highest BCUT2D eigenvalue weighted by Crippen LogP contribution is 2.17. The monoisotopic (exact) mass is 282 g/mol. The SMILES string of the molecule is C#CC(C)OC(=O)CCCC(=O)OC(C(C)C)C(C)C. The quantitative estimate of drug-likeness (QED) is 0.507. The van der Waals surface area contributed by atoms with Crippen LogP contribution in [0.25, 0.3) is 0 Å². The molecule has 0 N–H and O–H groups in total. The molecular weight excluding hydrogens is 256 g/mol. The summed E-state index contributed by atoms with van der Waals surface area (Å²) in [5.74, 6) is 2.22. The summed E-state index contributed by atoms with van der Waals surface area (Å²) in [6, 6.07) is 0. The van der Waals surface area contributed by atoms with Crippen molar-refractivity contribution in [2.45, 2.75) is 66.1 Å². The van der Waals surface area contributed by atoms with Gasteiger partial charge in [-0.05, 0) is 25.2 Å². The van der Waals surface area contributed by atoms with E-state index in [1.165, 1.54) is 0 Å². The first-order valence-corrected chi connectivity index (χ1v) is 7.13. The largest absolute Gasteiger partial charge is 0.462 e. The van der Waals surface area contributed by atoms with Gasteiger partial charge < -0.3 is 9.47 Å². The van der Waals surface area contributed by atoms with E-state index >= 15 is 0 Å². The maximum atomic E-state index is 11.7. The summed E-state index contributed by atoms with van der Waals surface area (Å²) in [6.07, 6.45) is 5.30. The molecule has 114 valence electrons. The van der Waals surface area contributed by atoms with Gasteiger partial charge in [0.2, 0.25) is 0 Å². The Hall–Kier alpha value is -1.50. The summed E-state index contributed by atoms with van der Waals surface area (Å²) in [5, 5.41) is 0. The Balaban J connectivity index is 4.00. The molecule has 4 heteroatoms. The van der Waals surface area contributed by atoms with Crippen molar-refractivity contribution in [1.82, 2.24) is 0 Å². The zero-order chi connectivity index (χ0) is 15.7. The maximum absolute atomic E-state index is 11.7. The van der Waals surface area contributed by atoms with E-state index in [0.29, 0.717) is 6.42 Å². The lowest BCUT2D eigenvalue weighted by atomic mass is 9.96. The van der Waals surface area contributed by atoms with Crippen molar-refractivity contribution in [3.63, 3.8) is 0 Å². The van der Waals surface area contributed by atoms with Crippen LogP contribution in [0.15, 0.2) is 0 Å². The fourth-order valence-corrected chi connectivity index (χ4v) is 1.92. The van der Waals surface area contributed by atoms with E-state index in [2.05, 4.69) is 5.92 Å². The van der Waals surface area contributed by atoms with Crippen LogP contribution < -0.4 is 0 Å². The Bertz CT molecular complexity index is 344. The first kappa shape index (κ1) is 18.5. The molecule has 0 heterocycles. The molecule has 0 saturated carbocycles. The van der Waals surface area contributed by atoms with Gasteiger partial charge in [0.1, 0.15) is 6.10 Å². The topological polar surface area (TPSA) is 52.6 Å². The molecule has 0 spiro atoms. The summed E-state index contributed by atoms with van der Waals surface area (Å²) in [6.45, 7) is 9.72. The molecule has 0 rings (SSSR count). The smallest absolute Gasteiger partial charge is 0.307 e. The van der Waals surface area contributed by atoms with E-state index in [4.69, 9.17) is 15.9 Å². The molecule has 1 unspecified atom stereocenters. The molecule has 0 aliphatic rings. The van der Waals surface area contributed by atoms with Gasteiger partial charge in [0, 0.05) is 12.8 Å². The summed E-state index contributed by atoms with van der Waals surface area (Å²) in [5.41, 5.74) is 0. The van der Waals surface area contributed by atoms with Gasteiger partial charge in [-0.3, -0.25) is 9.59 Å².